The number of nitrogens with one attached hydrogen (secondary N) is 2. The number of aliphatic hydroxyl groups is 1. The monoisotopic (exact) mass is 503 g/mol. The normalized spacial score (nSPS) is 11.6. The number of anilines is 3. The van der Waals surface area contributed by atoms with E-state index in [4.69, 9.17) is 15.2 Å². The number of carbonyl (C=O) groups is 2. The molecule has 5 N–H and O–H groups in total. The highest BCUT2D eigenvalue weighted by molar-refractivity contribution is 6.01. The lowest BCUT2D eigenvalue weighted by molar-refractivity contribution is -0.111. The van der Waals surface area contributed by atoms with Gasteiger partial charge in [0.2, 0.25) is 5.91 Å². The van der Waals surface area contributed by atoms with Crippen molar-refractivity contribution in [1.29, 1.82) is 0 Å². The molecular weight excluding hydrogens is 470 g/mol. The molecule has 0 aliphatic rings. The number of hydrogen-bond donors (Lipinski definition) is 4. The summed E-state index contributed by atoms with van der Waals surface area (Å²) >= 11 is 0. The van der Waals surface area contributed by atoms with Crippen molar-refractivity contribution in [1.82, 2.24) is 0 Å². The molecule has 0 aliphatic heterocycles. The number of nitrogens with two attached hydrogens (primary N) is 1. The zero-order chi connectivity index (χ0) is 26.5. The van der Waals surface area contributed by atoms with Gasteiger partial charge in [-0.2, -0.15) is 0 Å². The van der Waals surface area contributed by atoms with Crippen molar-refractivity contribution < 1.29 is 24.2 Å². The van der Waals surface area contributed by atoms with Gasteiger partial charge in [0, 0.05) is 11.3 Å². The van der Waals surface area contributed by atoms with E-state index in [1.165, 1.54) is 6.08 Å². The van der Waals surface area contributed by atoms with E-state index >= 15 is 0 Å². The molecule has 8 nitrogen and oxygen atoms in total. The van der Waals surface area contributed by atoms with E-state index in [0.29, 0.717) is 47.6 Å². The third-order valence-corrected chi connectivity index (χ3v) is 5.49. The van der Waals surface area contributed by atoms with E-state index in [1.54, 1.807) is 36.4 Å². The molecule has 0 bridgehead atoms. The predicted molar refractivity (Wildman–Crippen MR) is 146 cm³/mol. The molecule has 0 unspecified atom stereocenters. The van der Waals surface area contributed by atoms with Crippen molar-refractivity contribution in [2.45, 2.75) is 32.3 Å². The summed E-state index contributed by atoms with van der Waals surface area (Å²) in [5.74, 6) is 0.269. The number of aliphatic hydroxyl groups excluding tert-OH is 1. The smallest absolute Gasteiger partial charge is 0.412 e. The minimum atomic E-state index is -0.591. The number of nitrogen functional groups attached to an aromatic ring is 1. The maximum atomic E-state index is 12.7. The van der Waals surface area contributed by atoms with Gasteiger partial charge in [-0.3, -0.25) is 10.1 Å². The van der Waals surface area contributed by atoms with Crippen LogP contribution in [-0.4, -0.2) is 30.3 Å². The van der Waals surface area contributed by atoms with Crippen LogP contribution in [0.3, 0.4) is 0 Å². The average Bonchev–Trinajstić information content (AvgIpc) is 2.89. The van der Waals surface area contributed by atoms with Crippen LogP contribution in [0.2, 0.25) is 0 Å². The fourth-order valence-electron chi connectivity index (χ4n) is 3.62. The summed E-state index contributed by atoms with van der Waals surface area (Å²) in [6, 6.07) is 21.8. The molecule has 3 rings (SSSR count). The van der Waals surface area contributed by atoms with E-state index in [2.05, 4.69) is 10.6 Å². The third kappa shape index (κ3) is 9.01. The molecule has 3 aromatic rings. The number of ether oxygens (including phenoxy) is 2. The minimum absolute atomic E-state index is 0.128. The average molecular weight is 504 g/mol. The maximum Gasteiger partial charge on any atom is 0.412 e. The lowest BCUT2D eigenvalue weighted by Crippen LogP contribution is -2.18. The second-order valence-electron chi connectivity index (χ2n) is 8.40. The van der Waals surface area contributed by atoms with Gasteiger partial charge < -0.3 is 25.6 Å². The standard InChI is InChI=1S/C29H33N3O5/c1-21-15-17-22(18-16-21)31-29(35)37-27(23-9-5-8-12-26(23)36-20-19-33)13-3-2-4-14-28(34)32-25-11-7-6-10-24(25)30/h4-12,14-18,27,33H,2-3,13,19-20,30H2,1H3,(H,31,35)(H,32,34)/b14-4+/t27-/m0/s1. The predicted octanol–water partition coefficient (Wildman–Crippen LogP) is 5.60. The molecular formula is C29H33N3O5. The number of aryl methyl sites for hydroxylation is 1. The highest BCUT2D eigenvalue weighted by Crippen LogP contribution is 2.32. The van der Waals surface area contributed by atoms with Crippen LogP contribution in [-0.2, 0) is 9.53 Å². The highest BCUT2D eigenvalue weighted by atomic mass is 16.6. The van der Waals surface area contributed by atoms with Gasteiger partial charge in [-0.25, -0.2) is 4.79 Å². The van der Waals surface area contributed by atoms with Crippen LogP contribution in [0, 0.1) is 6.92 Å². The second-order valence-corrected chi connectivity index (χ2v) is 8.40. The first-order valence-corrected chi connectivity index (χ1v) is 12.1. The molecule has 194 valence electrons. The second kappa shape index (κ2) is 14.3. The Morgan fingerprint density at radius 1 is 1.00 bits per heavy atom. The zero-order valence-corrected chi connectivity index (χ0v) is 20.9. The fraction of sp³-hybridized carbons (Fsp3) is 0.241. The number of unbranched alkanes of at least 4 members (excludes halogenated alkanes) is 1. The molecule has 1 atom stereocenters. The summed E-state index contributed by atoms with van der Waals surface area (Å²) in [7, 11) is 0. The summed E-state index contributed by atoms with van der Waals surface area (Å²) in [6.07, 6.45) is 3.80. The Kier molecular flexibility index (Phi) is 10.6. The van der Waals surface area contributed by atoms with Crippen molar-refractivity contribution in [2.24, 2.45) is 0 Å². The van der Waals surface area contributed by atoms with Crippen LogP contribution >= 0.6 is 0 Å². The van der Waals surface area contributed by atoms with E-state index in [1.807, 2.05) is 49.4 Å². The molecule has 0 radical (unpaired) electrons. The van der Waals surface area contributed by atoms with Crippen molar-refractivity contribution in [2.75, 3.05) is 29.6 Å². The fourth-order valence-corrected chi connectivity index (χ4v) is 3.62. The summed E-state index contributed by atoms with van der Waals surface area (Å²) in [4.78, 5) is 24.9. The molecule has 0 saturated carbocycles. The Balaban J connectivity index is 1.62. The van der Waals surface area contributed by atoms with Crippen molar-refractivity contribution in [3.8, 4) is 5.75 Å². The lowest BCUT2D eigenvalue weighted by atomic mass is 10.0. The van der Waals surface area contributed by atoms with Crippen molar-refractivity contribution >= 4 is 29.1 Å². The van der Waals surface area contributed by atoms with Gasteiger partial charge in [0.05, 0.1) is 18.0 Å². The molecule has 3 aromatic carbocycles. The Bertz CT molecular complexity index is 1190. The maximum absolute atomic E-state index is 12.7. The molecule has 0 fully saturated rings. The SMILES string of the molecule is Cc1ccc(NC(=O)O[C@@H](CCC/C=C/C(=O)Nc2ccccc2N)c2ccccc2OCCO)cc1. The van der Waals surface area contributed by atoms with Crippen LogP contribution in [0.5, 0.6) is 5.75 Å². The minimum Gasteiger partial charge on any atom is -0.491 e. The van der Waals surface area contributed by atoms with E-state index in [9.17, 15) is 14.7 Å². The van der Waals surface area contributed by atoms with Crippen LogP contribution in [0.4, 0.5) is 21.9 Å². The van der Waals surface area contributed by atoms with Gasteiger partial charge in [0.1, 0.15) is 18.5 Å². The molecule has 0 aliphatic carbocycles. The number of allylic oxidation sites excluding steroid dienone is 1. The third-order valence-electron chi connectivity index (χ3n) is 5.49. The number of benzene rings is 3. The summed E-state index contributed by atoms with van der Waals surface area (Å²) in [6.45, 7) is 1.97. The van der Waals surface area contributed by atoms with Gasteiger partial charge in [-0.05, 0) is 62.6 Å². The zero-order valence-electron chi connectivity index (χ0n) is 20.9. The Morgan fingerprint density at radius 2 is 1.73 bits per heavy atom. The van der Waals surface area contributed by atoms with Gasteiger partial charge in [-0.1, -0.05) is 54.1 Å². The largest absolute Gasteiger partial charge is 0.491 e. The summed E-state index contributed by atoms with van der Waals surface area (Å²) in [5, 5.41) is 14.7. The molecule has 0 spiro atoms. The highest BCUT2D eigenvalue weighted by Gasteiger charge is 2.20. The van der Waals surface area contributed by atoms with Crippen molar-refractivity contribution in [3.05, 3.63) is 96.1 Å². The number of amides is 2. The van der Waals surface area contributed by atoms with Gasteiger partial charge in [-0.15, -0.1) is 0 Å². The number of hydrogen-bond acceptors (Lipinski definition) is 6. The van der Waals surface area contributed by atoms with E-state index in [-0.39, 0.29) is 19.1 Å². The van der Waals surface area contributed by atoms with Gasteiger partial charge in [0.25, 0.3) is 0 Å². The summed E-state index contributed by atoms with van der Waals surface area (Å²) in [5.41, 5.74) is 9.34. The molecule has 37 heavy (non-hydrogen) atoms. The Morgan fingerprint density at radius 3 is 2.49 bits per heavy atom. The first-order valence-electron chi connectivity index (χ1n) is 12.1. The van der Waals surface area contributed by atoms with E-state index in [0.717, 1.165) is 5.56 Å². The van der Waals surface area contributed by atoms with Gasteiger partial charge >= 0.3 is 6.09 Å². The van der Waals surface area contributed by atoms with Crippen LogP contribution in [0.25, 0.3) is 0 Å². The van der Waals surface area contributed by atoms with Crippen LogP contribution in [0.15, 0.2) is 84.9 Å². The Labute approximate surface area is 217 Å². The first kappa shape index (κ1) is 27.3. The molecule has 0 aromatic heterocycles. The Hall–Kier alpha value is -4.30. The molecule has 0 heterocycles. The van der Waals surface area contributed by atoms with Crippen molar-refractivity contribution in [3.63, 3.8) is 0 Å². The van der Waals surface area contributed by atoms with Gasteiger partial charge in [0.15, 0.2) is 0 Å². The number of rotatable bonds is 12. The number of carbonyl (C=O) groups excluding carboxylic acids is 2. The van der Waals surface area contributed by atoms with Crippen LogP contribution < -0.4 is 21.1 Å². The molecule has 2 amide bonds. The van der Waals surface area contributed by atoms with Crippen LogP contribution in [0.1, 0.15) is 36.5 Å². The van der Waals surface area contributed by atoms with E-state index < -0.39 is 12.2 Å². The topological polar surface area (TPSA) is 123 Å². The first-order chi connectivity index (χ1) is 18.0. The number of para-hydroxylation sites is 3. The molecule has 0 saturated heterocycles. The summed E-state index contributed by atoms with van der Waals surface area (Å²) < 4.78 is 11.5. The quantitative estimate of drug-likeness (QED) is 0.145. The lowest BCUT2D eigenvalue weighted by Gasteiger charge is -2.21. The molecule has 8 heteroatoms.